The van der Waals surface area contributed by atoms with Crippen LogP contribution >= 0.6 is 0 Å². The average molecular weight is 475 g/mol. The van der Waals surface area contributed by atoms with Crippen LogP contribution < -0.4 is 20.1 Å². The molecule has 0 heterocycles. The second-order valence-electron chi connectivity index (χ2n) is 8.48. The van der Waals surface area contributed by atoms with E-state index in [4.69, 9.17) is 9.47 Å². The van der Waals surface area contributed by atoms with Crippen molar-refractivity contribution in [2.24, 2.45) is 0 Å². The number of carbonyl (C=O) groups is 3. The van der Waals surface area contributed by atoms with Gasteiger partial charge in [0.05, 0.1) is 0 Å². The molecule has 7 heteroatoms. The van der Waals surface area contributed by atoms with Gasteiger partial charge in [-0.2, -0.15) is 0 Å². The third kappa shape index (κ3) is 7.71. The summed E-state index contributed by atoms with van der Waals surface area (Å²) in [5, 5.41) is 5.68. The molecule has 0 saturated carbocycles. The second-order valence-corrected chi connectivity index (χ2v) is 8.48. The van der Waals surface area contributed by atoms with E-state index in [1.165, 1.54) is 18.6 Å². The molecular weight excluding hydrogens is 444 g/mol. The summed E-state index contributed by atoms with van der Waals surface area (Å²) in [5.74, 6) is 0.325. The molecule has 0 radical (unpaired) electrons. The first kappa shape index (κ1) is 25.5. The van der Waals surface area contributed by atoms with Crippen LogP contribution in [0.25, 0.3) is 0 Å². The van der Waals surface area contributed by atoms with Gasteiger partial charge in [-0.1, -0.05) is 44.2 Å². The lowest BCUT2D eigenvalue weighted by Crippen LogP contribution is -2.35. The Morgan fingerprint density at radius 1 is 0.857 bits per heavy atom. The lowest BCUT2D eigenvalue weighted by molar-refractivity contribution is -0.132. The van der Waals surface area contributed by atoms with E-state index in [0.717, 1.165) is 5.56 Å². The zero-order valence-corrected chi connectivity index (χ0v) is 20.3. The summed E-state index contributed by atoms with van der Waals surface area (Å²) in [6.45, 7) is 7.52. The highest BCUT2D eigenvalue weighted by molar-refractivity contribution is 6.04. The zero-order valence-electron chi connectivity index (χ0n) is 20.3. The molecule has 182 valence electrons. The summed E-state index contributed by atoms with van der Waals surface area (Å²) < 4.78 is 10.8. The summed E-state index contributed by atoms with van der Waals surface area (Å²) in [6, 6.07) is 21.3. The Labute approximate surface area is 205 Å². The number of carbonyl (C=O) groups excluding carboxylic acids is 3. The minimum absolute atomic E-state index is 0.241. The van der Waals surface area contributed by atoms with E-state index in [2.05, 4.69) is 24.5 Å². The molecule has 3 aromatic carbocycles. The van der Waals surface area contributed by atoms with Gasteiger partial charge in [-0.3, -0.25) is 14.4 Å². The van der Waals surface area contributed by atoms with Gasteiger partial charge in [-0.25, -0.2) is 0 Å². The number of amides is 2. The lowest BCUT2D eigenvalue weighted by Gasteiger charge is -2.16. The van der Waals surface area contributed by atoms with Crippen LogP contribution in [0.2, 0.25) is 0 Å². The highest BCUT2D eigenvalue weighted by Gasteiger charge is 2.15. The zero-order chi connectivity index (χ0) is 25.4. The van der Waals surface area contributed by atoms with Crippen LogP contribution in [0, 0.1) is 0 Å². The van der Waals surface area contributed by atoms with Gasteiger partial charge in [-0.15, -0.1) is 0 Å². The molecule has 3 rings (SSSR count). The molecule has 0 spiro atoms. The normalized spacial score (nSPS) is 11.5. The molecule has 0 fully saturated rings. The number of anilines is 1. The molecule has 1 atom stereocenters. The molecule has 2 N–H and O–H groups in total. The monoisotopic (exact) mass is 474 g/mol. The van der Waals surface area contributed by atoms with E-state index in [0.29, 0.717) is 28.7 Å². The topological polar surface area (TPSA) is 93.7 Å². The number of nitrogens with one attached hydrogen (secondary N) is 2. The fraction of sp³-hybridized carbons (Fsp3) is 0.250. The second kappa shape index (κ2) is 11.8. The van der Waals surface area contributed by atoms with E-state index in [-0.39, 0.29) is 18.4 Å². The van der Waals surface area contributed by atoms with Crippen molar-refractivity contribution >= 4 is 23.5 Å². The van der Waals surface area contributed by atoms with Crippen molar-refractivity contribution in [3.63, 3.8) is 0 Å². The maximum absolute atomic E-state index is 12.6. The van der Waals surface area contributed by atoms with Crippen molar-refractivity contribution < 1.29 is 23.9 Å². The summed E-state index contributed by atoms with van der Waals surface area (Å²) >= 11 is 0. The van der Waals surface area contributed by atoms with Gasteiger partial charge < -0.3 is 20.1 Å². The van der Waals surface area contributed by atoms with E-state index in [1.54, 1.807) is 43.3 Å². The maximum atomic E-state index is 12.6. The number of esters is 1. The quantitative estimate of drug-likeness (QED) is 0.334. The molecule has 0 aliphatic carbocycles. The Hall–Kier alpha value is -4.13. The van der Waals surface area contributed by atoms with E-state index < -0.39 is 12.1 Å². The van der Waals surface area contributed by atoms with Crippen molar-refractivity contribution in [3.05, 3.63) is 89.5 Å². The van der Waals surface area contributed by atoms with Crippen molar-refractivity contribution in [2.45, 2.75) is 46.3 Å². The molecule has 7 nitrogen and oxygen atoms in total. The molecular formula is C28H30N2O5. The smallest absolute Gasteiger partial charge is 0.308 e. The lowest BCUT2D eigenvalue weighted by atomic mass is 10.0. The van der Waals surface area contributed by atoms with Crippen LogP contribution in [-0.4, -0.2) is 23.9 Å². The predicted molar refractivity (Wildman–Crippen MR) is 135 cm³/mol. The minimum atomic E-state index is -0.660. The van der Waals surface area contributed by atoms with E-state index in [9.17, 15) is 14.4 Å². The third-order valence-electron chi connectivity index (χ3n) is 5.24. The van der Waals surface area contributed by atoms with E-state index >= 15 is 0 Å². The molecule has 35 heavy (non-hydrogen) atoms. The van der Waals surface area contributed by atoms with Crippen LogP contribution in [0.15, 0.2) is 72.8 Å². The molecule has 0 aliphatic rings. The Kier molecular flexibility index (Phi) is 8.62. The molecule has 0 saturated heterocycles. The number of ether oxygens (including phenoxy) is 2. The van der Waals surface area contributed by atoms with Crippen LogP contribution in [0.4, 0.5) is 5.69 Å². The number of benzene rings is 3. The van der Waals surface area contributed by atoms with Gasteiger partial charge in [-0.05, 0) is 66.4 Å². The van der Waals surface area contributed by atoms with Crippen LogP contribution in [-0.2, 0) is 16.1 Å². The van der Waals surface area contributed by atoms with Crippen molar-refractivity contribution in [1.82, 2.24) is 5.32 Å². The standard InChI is InChI=1S/C28H30N2O5/c1-18(2)22-11-13-25(14-12-22)34-19(3)27(32)29-17-21-7-5-9-24(15-21)30-28(33)23-8-6-10-26(16-23)35-20(4)31/h5-16,18-19H,17H2,1-4H3,(H,29,32)(H,30,33). The first-order valence-corrected chi connectivity index (χ1v) is 11.4. The molecule has 3 aromatic rings. The summed E-state index contributed by atoms with van der Waals surface area (Å²) in [4.78, 5) is 36.3. The SMILES string of the molecule is CC(=O)Oc1cccc(C(=O)Nc2cccc(CNC(=O)C(C)Oc3ccc(C(C)C)cc3)c2)c1. The molecule has 0 bridgehead atoms. The average Bonchev–Trinajstić information content (AvgIpc) is 2.82. The molecule has 2 amide bonds. The van der Waals surface area contributed by atoms with Crippen LogP contribution in [0.1, 0.15) is 55.1 Å². The Morgan fingerprint density at radius 2 is 1.57 bits per heavy atom. The summed E-state index contributed by atoms with van der Waals surface area (Å²) in [7, 11) is 0. The highest BCUT2D eigenvalue weighted by atomic mass is 16.5. The van der Waals surface area contributed by atoms with Gasteiger partial charge in [0.25, 0.3) is 11.8 Å². The molecule has 0 aliphatic heterocycles. The van der Waals surface area contributed by atoms with Crippen LogP contribution in [0.3, 0.4) is 0 Å². The number of rotatable bonds is 9. The van der Waals surface area contributed by atoms with Crippen LogP contribution in [0.5, 0.6) is 11.5 Å². The van der Waals surface area contributed by atoms with Gasteiger partial charge in [0.1, 0.15) is 11.5 Å². The maximum Gasteiger partial charge on any atom is 0.308 e. The fourth-order valence-corrected chi connectivity index (χ4v) is 3.35. The van der Waals surface area contributed by atoms with Crippen molar-refractivity contribution in [1.29, 1.82) is 0 Å². The molecule has 0 aromatic heterocycles. The van der Waals surface area contributed by atoms with Crippen molar-refractivity contribution in [3.8, 4) is 11.5 Å². The fourth-order valence-electron chi connectivity index (χ4n) is 3.35. The minimum Gasteiger partial charge on any atom is -0.481 e. The third-order valence-corrected chi connectivity index (χ3v) is 5.24. The summed E-state index contributed by atoms with van der Waals surface area (Å²) in [6.07, 6.45) is -0.660. The number of hydrogen-bond acceptors (Lipinski definition) is 5. The van der Waals surface area contributed by atoms with Gasteiger partial charge in [0.2, 0.25) is 0 Å². The first-order valence-electron chi connectivity index (χ1n) is 11.4. The van der Waals surface area contributed by atoms with Gasteiger partial charge in [0.15, 0.2) is 6.10 Å². The van der Waals surface area contributed by atoms with Gasteiger partial charge in [0, 0.05) is 24.7 Å². The van der Waals surface area contributed by atoms with Gasteiger partial charge >= 0.3 is 5.97 Å². The Morgan fingerprint density at radius 3 is 2.26 bits per heavy atom. The number of hydrogen-bond donors (Lipinski definition) is 2. The predicted octanol–water partition coefficient (Wildman–Crippen LogP) is 5.07. The largest absolute Gasteiger partial charge is 0.481 e. The Bertz CT molecular complexity index is 1190. The highest BCUT2D eigenvalue weighted by Crippen LogP contribution is 2.20. The Balaban J connectivity index is 1.54. The van der Waals surface area contributed by atoms with Crippen molar-refractivity contribution in [2.75, 3.05) is 5.32 Å². The summed E-state index contributed by atoms with van der Waals surface area (Å²) in [5.41, 5.74) is 2.96. The molecule has 1 unspecified atom stereocenters. The van der Waals surface area contributed by atoms with E-state index in [1.807, 2.05) is 30.3 Å². The first-order chi connectivity index (χ1) is 16.7.